The molecule has 0 aliphatic heterocycles. The average Bonchev–Trinajstić information content (AvgIpc) is 2.88. The molecule has 0 bridgehead atoms. The summed E-state index contributed by atoms with van der Waals surface area (Å²) in [7, 11) is -2.44. The van der Waals surface area contributed by atoms with Gasteiger partial charge in [-0.05, 0) is 36.4 Å². The van der Waals surface area contributed by atoms with Crippen LogP contribution in [0.15, 0.2) is 45.9 Å². The van der Waals surface area contributed by atoms with E-state index in [1.165, 1.54) is 43.4 Å². The predicted molar refractivity (Wildman–Crippen MR) is 68.6 cm³/mol. The number of furan rings is 1. The molecular formula is C12H13FN2O3S. The number of rotatable bonds is 4. The van der Waals surface area contributed by atoms with Crippen LogP contribution in [0.5, 0.6) is 0 Å². The topological polar surface area (TPSA) is 76.5 Å². The standard InChI is InChI=1S/C12H13FN2O3S/c1-15(10-4-2-9(13)3-5-10)19(16,17)12-7-6-11(8-14)18-12/h2-7H,8,14H2,1H3. The van der Waals surface area contributed by atoms with Crippen molar-refractivity contribution >= 4 is 15.7 Å². The van der Waals surface area contributed by atoms with Crippen molar-refractivity contribution in [2.24, 2.45) is 5.73 Å². The molecule has 0 aliphatic rings. The van der Waals surface area contributed by atoms with E-state index in [4.69, 9.17) is 10.2 Å². The SMILES string of the molecule is CN(c1ccc(F)cc1)S(=O)(=O)c1ccc(CN)o1. The van der Waals surface area contributed by atoms with E-state index in [0.717, 1.165) is 4.31 Å². The van der Waals surface area contributed by atoms with Crippen LogP contribution in [0, 0.1) is 5.82 Å². The van der Waals surface area contributed by atoms with E-state index in [0.29, 0.717) is 11.4 Å². The van der Waals surface area contributed by atoms with E-state index in [2.05, 4.69) is 0 Å². The van der Waals surface area contributed by atoms with Gasteiger partial charge < -0.3 is 10.2 Å². The van der Waals surface area contributed by atoms with Crippen LogP contribution in [-0.4, -0.2) is 15.5 Å². The fourth-order valence-corrected chi connectivity index (χ4v) is 2.65. The number of anilines is 1. The number of hydrogen-bond donors (Lipinski definition) is 1. The summed E-state index contributed by atoms with van der Waals surface area (Å²) < 4.78 is 43.5. The van der Waals surface area contributed by atoms with Gasteiger partial charge in [-0.25, -0.2) is 4.39 Å². The van der Waals surface area contributed by atoms with Crippen LogP contribution < -0.4 is 10.0 Å². The molecule has 102 valence electrons. The minimum atomic E-state index is -3.81. The third-order valence-corrected chi connectivity index (χ3v) is 4.30. The molecule has 19 heavy (non-hydrogen) atoms. The van der Waals surface area contributed by atoms with Gasteiger partial charge in [0, 0.05) is 7.05 Å². The lowest BCUT2D eigenvalue weighted by Crippen LogP contribution is -2.26. The van der Waals surface area contributed by atoms with Gasteiger partial charge in [0.1, 0.15) is 11.6 Å². The van der Waals surface area contributed by atoms with Gasteiger partial charge in [-0.1, -0.05) is 0 Å². The Balaban J connectivity index is 2.36. The molecule has 0 aliphatic carbocycles. The lowest BCUT2D eigenvalue weighted by Gasteiger charge is -2.17. The van der Waals surface area contributed by atoms with Gasteiger partial charge in [-0.3, -0.25) is 4.31 Å². The van der Waals surface area contributed by atoms with Crippen LogP contribution in [0.1, 0.15) is 5.76 Å². The second kappa shape index (κ2) is 5.02. The van der Waals surface area contributed by atoms with Crippen LogP contribution in [0.3, 0.4) is 0 Å². The van der Waals surface area contributed by atoms with E-state index in [1.54, 1.807) is 0 Å². The van der Waals surface area contributed by atoms with Crippen molar-refractivity contribution in [2.75, 3.05) is 11.4 Å². The number of halogens is 1. The Bertz CT molecular complexity index is 665. The molecule has 5 nitrogen and oxygen atoms in total. The Morgan fingerprint density at radius 1 is 1.21 bits per heavy atom. The molecule has 2 rings (SSSR count). The number of nitrogens with two attached hydrogens (primary N) is 1. The molecule has 0 spiro atoms. The smallest absolute Gasteiger partial charge is 0.297 e. The van der Waals surface area contributed by atoms with Gasteiger partial charge in [0.15, 0.2) is 0 Å². The summed E-state index contributed by atoms with van der Waals surface area (Å²) in [4.78, 5) is 0. The quantitative estimate of drug-likeness (QED) is 0.927. The Labute approximate surface area is 110 Å². The minimum Gasteiger partial charge on any atom is -0.446 e. The lowest BCUT2D eigenvalue weighted by atomic mass is 10.3. The monoisotopic (exact) mass is 284 g/mol. The van der Waals surface area contributed by atoms with Crippen molar-refractivity contribution in [3.63, 3.8) is 0 Å². The maximum absolute atomic E-state index is 12.8. The van der Waals surface area contributed by atoms with Gasteiger partial charge in [0.05, 0.1) is 12.2 Å². The highest BCUT2D eigenvalue weighted by atomic mass is 32.2. The molecule has 0 amide bonds. The maximum atomic E-state index is 12.8. The normalized spacial score (nSPS) is 11.5. The summed E-state index contributed by atoms with van der Waals surface area (Å²) in [6.07, 6.45) is 0. The zero-order chi connectivity index (χ0) is 14.0. The number of sulfonamides is 1. The van der Waals surface area contributed by atoms with Crippen LogP contribution in [0.2, 0.25) is 0 Å². The largest absolute Gasteiger partial charge is 0.446 e. The number of nitrogens with zero attached hydrogens (tertiary/aromatic N) is 1. The molecule has 0 unspecified atom stereocenters. The van der Waals surface area contributed by atoms with Crippen LogP contribution >= 0.6 is 0 Å². The Morgan fingerprint density at radius 3 is 2.37 bits per heavy atom. The highest BCUT2D eigenvalue weighted by Crippen LogP contribution is 2.23. The fourth-order valence-electron chi connectivity index (χ4n) is 1.53. The molecule has 7 heteroatoms. The second-order valence-corrected chi connectivity index (χ2v) is 5.77. The van der Waals surface area contributed by atoms with Crippen molar-refractivity contribution in [1.29, 1.82) is 0 Å². The van der Waals surface area contributed by atoms with Crippen molar-refractivity contribution < 1.29 is 17.2 Å². The number of benzene rings is 1. The molecule has 0 atom stereocenters. The zero-order valence-electron chi connectivity index (χ0n) is 10.2. The molecule has 0 saturated carbocycles. The van der Waals surface area contributed by atoms with Crippen molar-refractivity contribution in [1.82, 2.24) is 0 Å². The van der Waals surface area contributed by atoms with E-state index in [9.17, 15) is 12.8 Å². The summed E-state index contributed by atoms with van der Waals surface area (Å²) in [5.41, 5.74) is 5.71. The highest BCUT2D eigenvalue weighted by molar-refractivity contribution is 7.92. The first kappa shape index (κ1) is 13.6. The summed E-state index contributed by atoms with van der Waals surface area (Å²) >= 11 is 0. The molecule has 0 radical (unpaired) electrons. The first-order chi connectivity index (χ1) is 8.95. The second-order valence-electron chi connectivity index (χ2n) is 3.87. The first-order valence-electron chi connectivity index (χ1n) is 5.48. The van der Waals surface area contributed by atoms with Gasteiger partial charge in [0.2, 0.25) is 5.09 Å². The van der Waals surface area contributed by atoms with E-state index >= 15 is 0 Å². The van der Waals surface area contributed by atoms with Crippen molar-refractivity contribution in [3.05, 3.63) is 48.0 Å². The zero-order valence-corrected chi connectivity index (χ0v) is 11.0. The van der Waals surface area contributed by atoms with Crippen LogP contribution in [0.25, 0.3) is 0 Å². The van der Waals surface area contributed by atoms with E-state index < -0.39 is 15.8 Å². The van der Waals surface area contributed by atoms with Crippen LogP contribution in [-0.2, 0) is 16.6 Å². The van der Waals surface area contributed by atoms with Gasteiger partial charge in [-0.2, -0.15) is 8.42 Å². The van der Waals surface area contributed by atoms with Gasteiger partial charge in [0.25, 0.3) is 10.0 Å². The molecule has 2 aromatic rings. The predicted octanol–water partition coefficient (Wildman–Crippen LogP) is 1.70. The lowest BCUT2D eigenvalue weighted by molar-refractivity contribution is 0.415. The van der Waals surface area contributed by atoms with E-state index in [-0.39, 0.29) is 11.6 Å². The van der Waals surface area contributed by atoms with Gasteiger partial charge >= 0.3 is 0 Å². The summed E-state index contributed by atoms with van der Waals surface area (Å²) in [6, 6.07) is 7.98. The Hall–Kier alpha value is -1.86. The van der Waals surface area contributed by atoms with E-state index in [1.807, 2.05) is 0 Å². The summed E-state index contributed by atoms with van der Waals surface area (Å²) in [6.45, 7) is 0.121. The summed E-state index contributed by atoms with van der Waals surface area (Å²) in [5.74, 6) is -0.0518. The minimum absolute atomic E-state index is 0.121. The highest BCUT2D eigenvalue weighted by Gasteiger charge is 2.24. The van der Waals surface area contributed by atoms with Gasteiger partial charge in [-0.15, -0.1) is 0 Å². The van der Waals surface area contributed by atoms with Crippen molar-refractivity contribution in [3.8, 4) is 0 Å². The third-order valence-electron chi connectivity index (χ3n) is 2.64. The molecular weight excluding hydrogens is 271 g/mol. The first-order valence-corrected chi connectivity index (χ1v) is 6.92. The average molecular weight is 284 g/mol. The molecule has 0 saturated heterocycles. The Kier molecular flexibility index (Phi) is 3.59. The summed E-state index contributed by atoms with van der Waals surface area (Å²) in [5, 5.41) is -0.195. The molecule has 1 aromatic heterocycles. The fraction of sp³-hybridized carbons (Fsp3) is 0.167. The van der Waals surface area contributed by atoms with Crippen LogP contribution in [0.4, 0.5) is 10.1 Å². The Morgan fingerprint density at radius 2 is 1.84 bits per heavy atom. The number of hydrogen-bond acceptors (Lipinski definition) is 4. The van der Waals surface area contributed by atoms with Crippen molar-refractivity contribution in [2.45, 2.75) is 11.6 Å². The molecule has 1 heterocycles. The third kappa shape index (κ3) is 2.61. The molecule has 1 aromatic carbocycles. The maximum Gasteiger partial charge on any atom is 0.297 e. The molecule has 2 N–H and O–H groups in total. The molecule has 0 fully saturated rings.